The van der Waals surface area contributed by atoms with Crippen molar-refractivity contribution in [1.29, 1.82) is 0 Å². The number of piperidine rings is 1. The van der Waals surface area contributed by atoms with Crippen LogP contribution in [0, 0.1) is 0 Å². The third kappa shape index (κ3) is 2.57. The number of aromatic nitrogens is 2. The average molecular weight is 315 g/mol. The summed E-state index contributed by atoms with van der Waals surface area (Å²) in [7, 11) is 0. The van der Waals surface area contributed by atoms with Crippen LogP contribution in [-0.4, -0.2) is 35.9 Å². The standard InChI is InChI=1S/C18H25N3O2/c1-18(2,3)17-20-13-10-15-16(23-9-8-22-15)11-14(13)21(17)12-4-6-19-7-5-12/h10-12,19H,4-9H2,1-3H3. The fraction of sp³-hybridized carbons (Fsp3) is 0.611. The van der Waals surface area contributed by atoms with Crippen LogP contribution < -0.4 is 14.8 Å². The minimum atomic E-state index is 0.00607. The number of hydrogen-bond acceptors (Lipinski definition) is 4. The fourth-order valence-electron chi connectivity index (χ4n) is 3.60. The first kappa shape index (κ1) is 14.8. The van der Waals surface area contributed by atoms with Crippen molar-refractivity contribution in [3.05, 3.63) is 18.0 Å². The Morgan fingerprint density at radius 3 is 2.39 bits per heavy atom. The summed E-state index contributed by atoms with van der Waals surface area (Å²) in [5.41, 5.74) is 2.19. The van der Waals surface area contributed by atoms with Crippen molar-refractivity contribution < 1.29 is 9.47 Å². The molecule has 0 atom stereocenters. The zero-order valence-electron chi connectivity index (χ0n) is 14.2. The van der Waals surface area contributed by atoms with E-state index in [1.54, 1.807) is 0 Å². The van der Waals surface area contributed by atoms with Gasteiger partial charge in [-0.25, -0.2) is 4.98 Å². The molecule has 3 heterocycles. The lowest BCUT2D eigenvalue weighted by atomic mass is 9.94. The van der Waals surface area contributed by atoms with Gasteiger partial charge in [-0.2, -0.15) is 0 Å². The molecule has 1 aromatic heterocycles. The van der Waals surface area contributed by atoms with Gasteiger partial charge in [-0.3, -0.25) is 0 Å². The van der Waals surface area contributed by atoms with Gasteiger partial charge in [0.1, 0.15) is 19.0 Å². The summed E-state index contributed by atoms with van der Waals surface area (Å²) in [5, 5.41) is 3.45. The summed E-state index contributed by atoms with van der Waals surface area (Å²) in [4.78, 5) is 4.97. The summed E-state index contributed by atoms with van der Waals surface area (Å²) >= 11 is 0. The van der Waals surface area contributed by atoms with Crippen LogP contribution in [0.2, 0.25) is 0 Å². The van der Waals surface area contributed by atoms with E-state index in [2.05, 4.69) is 36.7 Å². The van der Waals surface area contributed by atoms with Gasteiger partial charge in [0.25, 0.3) is 0 Å². The van der Waals surface area contributed by atoms with Crippen molar-refractivity contribution in [3.63, 3.8) is 0 Å². The molecule has 0 saturated carbocycles. The van der Waals surface area contributed by atoms with Crippen molar-refractivity contribution in [3.8, 4) is 11.5 Å². The molecule has 5 nitrogen and oxygen atoms in total. The van der Waals surface area contributed by atoms with Crippen molar-refractivity contribution in [2.75, 3.05) is 26.3 Å². The molecule has 5 heteroatoms. The first-order valence-electron chi connectivity index (χ1n) is 8.57. The largest absolute Gasteiger partial charge is 0.486 e. The van der Waals surface area contributed by atoms with Gasteiger partial charge in [-0.1, -0.05) is 20.8 Å². The van der Waals surface area contributed by atoms with E-state index >= 15 is 0 Å². The second-order valence-corrected chi connectivity index (χ2v) is 7.52. The van der Waals surface area contributed by atoms with E-state index < -0.39 is 0 Å². The topological polar surface area (TPSA) is 48.3 Å². The molecule has 4 rings (SSSR count). The summed E-state index contributed by atoms with van der Waals surface area (Å²) < 4.78 is 14.0. The number of benzene rings is 1. The van der Waals surface area contributed by atoms with Gasteiger partial charge in [0, 0.05) is 23.6 Å². The molecule has 0 amide bonds. The normalized spacial score (nSPS) is 19.3. The van der Waals surface area contributed by atoms with Gasteiger partial charge in [0.15, 0.2) is 11.5 Å². The molecule has 23 heavy (non-hydrogen) atoms. The molecule has 0 unspecified atom stereocenters. The van der Waals surface area contributed by atoms with E-state index in [4.69, 9.17) is 14.5 Å². The Kier molecular flexibility index (Phi) is 3.48. The van der Waals surface area contributed by atoms with Crippen molar-refractivity contribution in [2.24, 2.45) is 0 Å². The number of nitrogens with zero attached hydrogens (tertiary/aromatic N) is 2. The number of hydrogen-bond donors (Lipinski definition) is 1. The van der Waals surface area contributed by atoms with Gasteiger partial charge in [-0.15, -0.1) is 0 Å². The lowest BCUT2D eigenvalue weighted by Crippen LogP contribution is -2.32. The van der Waals surface area contributed by atoms with Crippen LogP contribution in [0.4, 0.5) is 0 Å². The molecule has 0 aliphatic carbocycles. The van der Waals surface area contributed by atoms with Gasteiger partial charge in [0.2, 0.25) is 0 Å². The highest BCUT2D eigenvalue weighted by Crippen LogP contribution is 2.39. The molecule has 2 aliphatic rings. The van der Waals surface area contributed by atoms with Crippen LogP contribution in [0.25, 0.3) is 11.0 Å². The third-order valence-electron chi connectivity index (χ3n) is 4.70. The van der Waals surface area contributed by atoms with E-state index in [0.717, 1.165) is 48.8 Å². The first-order chi connectivity index (χ1) is 11.0. The predicted molar refractivity (Wildman–Crippen MR) is 90.6 cm³/mol. The zero-order chi connectivity index (χ0) is 16.0. The Labute approximate surface area is 137 Å². The zero-order valence-corrected chi connectivity index (χ0v) is 14.2. The Hall–Kier alpha value is -1.75. The molecule has 1 fully saturated rings. The molecule has 2 aliphatic heterocycles. The molecule has 1 N–H and O–H groups in total. The summed E-state index contributed by atoms with van der Waals surface area (Å²) in [5.74, 6) is 2.82. The second-order valence-electron chi connectivity index (χ2n) is 7.52. The number of nitrogens with one attached hydrogen (secondary N) is 1. The monoisotopic (exact) mass is 315 g/mol. The van der Waals surface area contributed by atoms with Gasteiger partial charge < -0.3 is 19.4 Å². The molecule has 0 bridgehead atoms. The second kappa shape index (κ2) is 5.41. The van der Waals surface area contributed by atoms with Crippen molar-refractivity contribution in [1.82, 2.24) is 14.9 Å². The van der Waals surface area contributed by atoms with E-state index in [0.29, 0.717) is 19.3 Å². The molecular formula is C18H25N3O2. The van der Waals surface area contributed by atoms with Crippen LogP contribution >= 0.6 is 0 Å². The van der Waals surface area contributed by atoms with Gasteiger partial charge in [-0.05, 0) is 25.9 Å². The van der Waals surface area contributed by atoms with E-state index in [1.807, 2.05) is 6.07 Å². The minimum absolute atomic E-state index is 0.00607. The number of fused-ring (bicyclic) bond motifs is 2. The maximum atomic E-state index is 5.79. The van der Waals surface area contributed by atoms with Gasteiger partial charge in [0.05, 0.1) is 11.0 Å². The quantitative estimate of drug-likeness (QED) is 0.879. The Morgan fingerprint density at radius 2 is 1.74 bits per heavy atom. The molecule has 124 valence electrons. The Balaban J connectivity index is 1.92. The van der Waals surface area contributed by atoms with Gasteiger partial charge >= 0.3 is 0 Å². The van der Waals surface area contributed by atoms with Crippen molar-refractivity contribution >= 4 is 11.0 Å². The van der Waals surface area contributed by atoms with Crippen molar-refractivity contribution in [2.45, 2.75) is 45.1 Å². The minimum Gasteiger partial charge on any atom is -0.486 e. The molecule has 1 saturated heterocycles. The fourth-order valence-corrected chi connectivity index (χ4v) is 3.60. The summed E-state index contributed by atoms with van der Waals surface area (Å²) in [6.45, 7) is 10.1. The molecule has 2 aromatic rings. The van der Waals surface area contributed by atoms with Crippen LogP contribution in [0.1, 0.15) is 45.5 Å². The Bertz CT molecular complexity index is 724. The molecule has 0 spiro atoms. The highest BCUT2D eigenvalue weighted by atomic mass is 16.6. The van der Waals surface area contributed by atoms with Crippen LogP contribution in [0.3, 0.4) is 0 Å². The highest BCUT2D eigenvalue weighted by molar-refractivity contribution is 5.81. The maximum absolute atomic E-state index is 5.79. The van der Waals surface area contributed by atoms with E-state index in [9.17, 15) is 0 Å². The van der Waals surface area contributed by atoms with Crippen LogP contribution in [0.15, 0.2) is 12.1 Å². The number of imidazole rings is 1. The lowest BCUT2D eigenvalue weighted by Gasteiger charge is -2.30. The van der Waals surface area contributed by atoms with E-state index in [1.165, 1.54) is 5.52 Å². The maximum Gasteiger partial charge on any atom is 0.163 e. The summed E-state index contributed by atoms with van der Waals surface area (Å²) in [6.07, 6.45) is 2.28. The molecule has 1 aromatic carbocycles. The Morgan fingerprint density at radius 1 is 1.09 bits per heavy atom. The smallest absolute Gasteiger partial charge is 0.163 e. The summed E-state index contributed by atoms with van der Waals surface area (Å²) in [6, 6.07) is 4.66. The molecular weight excluding hydrogens is 290 g/mol. The number of rotatable bonds is 1. The SMILES string of the molecule is CC(C)(C)c1nc2cc3c(cc2n1C1CCNCC1)OCCO3. The lowest BCUT2D eigenvalue weighted by molar-refractivity contribution is 0.172. The number of ether oxygens (including phenoxy) is 2. The average Bonchev–Trinajstić information content (AvgIpc) is 2.92. The third-order valence-corrected chi connectivity index (χ3v) is 4.70. The highest BCUT2D eigenvalue weighted by Gasteiger charge is 2.29. The predicted octanol–water partition coefficient (Wildman–Crippen LogP) is 3.03. The molecule has 0 radical (unpaired) electrons. The van der Waals surface area contributed by atoms with E-state index in [-0.39, 0.29) is 5.41 Å². The van der Waals surface area contributed by atoms with Crippen LogP contribution in [-0.2, 0) is 5.41 Å². The first-order valence-corrected chi connectivity index (χ1v) is 8.57. The van der Waals surface area contributed by atoms with Crippen LogP contribution in [0.5, 0.6) is 11.5 Å².